The molecule has 0 saturated carbocycles. The number of ether oxygens (including phenoxy) is 2. The van der Waals surface area contributed by atoms with Gasteiger partial charge in [0.25, 0.3) is 5.91 Å². The van der Waals surface area contributed by atoms with Crippen molar-refractivity contribution in [3.63, 3.8) is 0 Å². The number of rotatable bonds is 3. The molecule has 2 N–H and O–H groups in total. The monoisotopic (exact) mass is 216 g/mol. The van der Waals surface area contributed by atoms with Crippen molar-refractivity contribution >= 4 is 18.0 Å². The van der Waals surface area contributed by atoms with Crippen LogP contribution in [0.3, 0.4) is 0 Å². The van der Waals surface area contributed by atoms with Gasteiger partial charge in [0.05, 0.1) is 13.2 Å². The van der Waals surface area contributed by atoms with E-state index in [1.165, 1.54) is 14.0 Å². The van der Waals surface area contributed by atoms with E-state index in [9.17, 15) is 14.4 Å². The fourth-order valence-electron chi connectivity index (χ4n) is 1.25. The lowest BCUT2D eigenvalue weighted by Crippen LogP contribution is -2.52. The van der Waals surface area contributed by atoms with E-state index in [2.05, 4.69) is 9.47 Å². The normalized spacial score (nSPS) is 19.8. The van der Waals surface area contributed by atoms with Gasteiger partial charge in [-0.15, -0.1) is 0 Å². The number of cyclic esters (lactones) is 1. The Morgan fingerprint density at radius 2 is 2.20 bits per heavy atom. The van der Waals surface area contributed by atoms with Gasteiger partial charge in [-0.25, -0.2) is 9.69 Å². The lowest BCUT2D eigenvalue weighted by molar-refractivity contribution is -0.144. The van der Waals surface area contributed by atoms with E-state index in [4.69, 9.17) is 5.73 Å². The molecule has 0 aromatic rings. The van der Waals surface area contributed by atoms with Gasteiger partial charge in [-0.3, -0.25) is 9.59 Å². The van der Waals surface area contributed by atoms with Crippen molar-refractivity contribution in [2.24, 2.45) is 5.73 Å². The first-order valence-electron chi connectivity index (χ1n) is 4.31. The molecule has 7 nitrogen and oxygen atoms in total. The Morgan fingerprint density at radius 1 is 1.60 bits per heavy atom. The Balaban J connectivity index is 2.75. The van der Waals surface area contributed by atoms with Crippen molar-refractivity contribution in [1.82, 2.24) is 4.90 Å². The molecular formula is C8H12N2O5. The third-order valence-electron chi connectivity index (χ3n) is 2.18. The van der Waals surface area contributed by atoms with Crippen LogP contribution in [-0.4, -0.2) is 48.7 Å². The van der Waals surface area contributed by atoms with Gasteiger partial charge >= 0.3 is 12.1 Å². The second kappa shape index (κ2) is 4.26. The molecule has 0 aliphatic carbocycles. The molecule has 84 valence electrons. The second-order valence-electron chi connectivity index (χ2n) is 3.11. The largest absolute Gasteiger partial charge is 0.468 e. The summed E-state index contributed by atoms with van der Waals surface area (Å²) < 4.78 is 8.90. The first-order valence-corrected chi connectivity index (χ1v) is 4.31. The molecule has 7 heteroatoms. The molecule has 1 saturated heterocycles. The third-order valence-corrected chi connectivity index (χ3v) is 2.18. The Labute approximate surface area is 86.1 Å². The van der Waals surface area contributed by atoms with Crippen LogP contribution in [0, 0.1) is 0 Å². The molecule has 0 spiro atoms. The van der Waals surface area contributed by atoms with Crippen molar-refractivity contribution in [2.75, 3.05) is 13.7 Å². The Hall–Kier alpha value is -1.63. The fraction of sp³-hybridized carbons (Fsp3) is 0.625. The molecule has 1 rings (SSSR count). The maximum Gasteiger partial charge on any atom is 0.417 e. The minimum Gasteiger partial charge on any atom is -0.468 e. The first kappa shape index (κ1) is 11.4. The van der Waals surface area contributed by atoms with Gasteiger partial charge in [-0.05, 0) is 6.92 Å². The molecule has 15 heavy (non-hydrogen) atoms. The summed E-state index contributed by atoms with van der Waals surface area (Å²) >= 11 is 0. The number of hydrogen-bond acceptors (Lipinski definition) is 6. The summed E-state index contributed by atoms with van der Waals surface area (Å²) in [4.78, 5) is 34.2. The predicted molar refractivity (Wildman–Crippen MR) is 47.6 cm³/mol. The fourth-order valence-corrected chi connectivity index (χ4v) is 1.25. The van der Waals surface area contributed by atoms with E-state index < -0.39 is 30.1 Å². The quantitative estimate of drug-likeness (QED) is 0.598. The molecule has 2 amide bonds. The smallest absolute Gasteiger partial charge is 0.417 e. The first-order chi connectivity index (χ1) is 6.99. The van der Waals surface area contributed by atoms with Crippen molar-refractivity contribution in [3.05, 3.63) is 0 Å². The van der Waals surface area contributed by atoms with E-state index in [1.54, 1.807) is 0 Å². The summed E-state index contributed by atoms with van der Waals surface area (Å²) in [5, 5.41) is 0. The van der Waals surface area contributed by atoms with Crippen LogP contribution in [0.15, 0.2) is 0 Å². The molecule has 0 unspecified atom stereocenters. The standard InChI is InChI=1S/C8H12N2O5/c1-4(6(9)7(12)14-2)10-5(11)3-15-8(10)13/h4,6H,3,9H2,1-2H3/t4-,6+/m0/s1. The van der Waals surface area contributed by atoms with Crippen LogP contribution in [-0.2, 0) is 19.1 Å². The summed E-state index contributed by atoms with van der Waals surface area (Å²) in [6.45, 7) is 1.17. The summed E-state index contributed by atoms with van der Waals surface area (Å²) in [6.07, 6.45) is -0.785. The van der Waals surface area contributed by atoms with Crippen LogP contribution in [0.2, 0.25) is 0 Å². The van der Waals surface area contributed by atoms with Crippen LogP contribution in [0.25, 0.3) is 0 Å². The predicted octanol–water partition coefficient (Wildman–Crippen LogP) is -1.15. The lowest BCUT2D eigenvalue weighted by Gasteiger charge is -2.23. The van der Waals surface area contributed by atoms with E-state index in [0.717, 1.165) is 4.90 Å². The Morgan fingerprint density at radius 3 is 2.60 bits per heavy atom. The molecule has 1 heterocycles. The number of nitrogens with zero attached hydrogens (tertiary/aromatic N) is 1. The van der Waals surface area contributed by atoms with E-state index >= 15 is 0 Å². The minimum absolute atomic E-state index is 0.308. The molecule has 2 atom stereocenters. The number of esters is 1. The molecular weight excluding hydrogens is 204 g/mol. The van der Waals surface area contributed by atoms with Crippen LogP contribution in [0.5, 0.6) is 0 Å². The highest BCUT2D eigenvalue weighted by molar-refractivity contribution is 5.98. The van der Waals surface area contributed by atoms with Crippen molar-refractivity contribution in [1.29, 1.82) is 0 Å². The van der Waals surface area contributed by atoms with E-state index in [1.807, 2.05) is 0 Å². The van der Waals surface area contributed by atoms with Crippen molar-refractivity contribution in [2.45, 2.75) is 19.0 Å². The van der Waals surface area contributed by atoms with Gasteiger partial charge in [0, 0.05) is 0 Å². The highest BCUT2D eigenvalue weighted by Crippen LogP contribution is 2.12. The summed E-state index contributed by atoms with van der Waals surface area (Å²) in [7, 11) is 1.18. The van der Waals surface area contributed by atoms with Gasteiger partial charge in [0.1, 0.15) is 6.04 Å². The molecule has 0 aromatic heterocycles. The topological polar surface area (TPSA) is 98.9 Å². The average Bonchev–Trinajstić information content (AvgIpc) is 2.55. The molecule has 1 aliphatic heterocycles. The van der Waals surface area contributed by atoms with Gasteiger partial charge in [-0.1, -0.05) is 0 Å². The Bertz CT molecular complexity index is 287. The Kier molecular flexibility index (Phi) is 3.25. The zero-order chi connectivity index (χ0) is 11.6. The van der Waals surface area contributed by atoms with Gasteiger partial charge in [0.15, 0.2) is 6.61 Å². The molecule has 0 bridgehead atoms. The zero-order valence-corrected chi connectivity index (χ0v) is 8.43. The number of amides is 2. The van der Waals surface area contributed by atoms with Crippen LogP contribution >= 0.6 is 0 Å². The summed E-state index contributed by atoms with van der Waals surface area (Å²) in [5.41, 5.74) is 5.50. The highest BCUT2D eigenvalue weighted by atomic mass is 16.6. The number of carbonyl (C=O) groups excluding carboxylic acids is 3. The maximum atomic E-state index is 11.2. The molecule has 1 fully saturated rings. The van der Waals surface area contributed by atoms with Crippen LogP contribution in [0.1, 0.15) is 6.92 Å². The zero-order valence-electron chi connectivity index (χ0n) is 8.43. The van der Waals surface area contributed by atoms with Gasteiger partial charge in [-0.2, -0.15) is 0 Å². The second-order valence-corrected chi connectivity index (χ2v) is 3.11. The minimum atomic E-state index is -1.07. The van der Waals surface area contributed by atoms with E-state index in [0.29, 0.717) is 0 Å². The number of methoxy groups -OCH3 is 1. The number of carbonyl (C=O) groups is 3. The average molecular weight is 216 g/mol. The lowest BCUT2D eigenvalue weighted by atomic mass is 10.1. The number of hydrogen-bond donors (Lipinski definition) is 1. The van der Waals surface area contributed by atoms with Crippen molar-refractivity contribution < 1.29 is 23.9 Å². The molecule has 1 aliphatic rings. The summed E-state index contributed by atoms with van der Waals surface area (Å²) in [6, 6.07) is -1.84. The molecule has 0 aromatic carbocycles. The number of imide groups is 1. The summed E-state index contributed by atoms with van der Waals surface area (Å²) in [5.74, 6) is -1.19. The SMILES string of the molecule is COC(=O)[C@H](N)[C@H](C)N1C(=O)COC1=O. The van der Waals surface area contributed by atoms with Crippen LogP contribution in [0.4, 0.5) is 4.79 Å². The van der Waals surface area contributed by atoms with Crippen molar-refractivity contribution in [3.8, 4) is 0 Å². The maximum absolute atomic E-state index is 11.2. The van der Waals surface area contributed by atoms with Gasteiger partial charge < -0.3 is 15.2 Å². The molecule has 0 radical (unpaired) electrons. The van der Waals surface area contributed by atoms with E-state index in [-0.39, 0.29) is 6.61 Å². The van der Waals surface area contributed by atoms with Crippen LogP contribution < -0.4 is 5.73 Å². The van der Waals surface area contributed by atoms with Gasteiger partial charge in [0.2, 0.25) is 0 Å². The number of nitrogens with two attached hydrogens (primary N) is 1. The third kappa shape index (κ3) is 2.07. The highest BCUT2D eigenvalue weighted by Gasteiger charge is 2.39.